The van der Waals surface area contributed by atoms with Crippen molar-refractivity contribution in [2.45, 2.75) is 25.9 Å². The predicted molar refractivity (Wildman–Crippen MR) is 69.1 cm³/mol. The summed E-state index contributed by atoms with van der Waals surface area (Å²) in [6, 6.07) is 0.0993. The van der Waals surface area contributed by atoms with Crippen molar-refractivity contribution in [2.24, 2.45) is 0 Å². The van der Waals surface area contributed by atoms with Gasteiger partial charge in [-0.25, -0.2) is 14.8 Å². The molecule has 2 rings (SSSR count). The van der Waals surface area contributed by atoms with Crippen LogP contribution in [0.25, 0.3) is 0 Å². The molecule has 19 heavy (non-hydrogen) atoms. The van der Waals surface area contributed by atoms with E-state index < -0.39 is 6.09 Å². The Morgan fingerprint density at radius 3 is 3.16 bits per heavy atom. The molecule has 1 atom stereocenters. The standard InChI is InChI=1S/C12H18N4O3/c1-8(7-19-2)14-11-13-5-9-3-4-16(12(17)18)6-10(9)15-11/h5,8H,3-4,6-7H2,1-2H3,(H,17,18)(H,13,14,15)/t8-/m0/s1. The van der Waals surface area contributed by atoms with Crippen LogP contribution in [0.15, 0.2) is 6.20 Å². The Morgan fingerprint density at radius 2 is 2.47 bits per heavy atom. The third-order valence-corrected chi connectivity index (χ3v) is 3.01. The number of carbonyl (C=O) groups is 1. The van der Waals surface area contributed by atoms with Crippen LogP contribution in [0.2, 0.25) is 0 Å². The molecule has 1 aliphatic rings. The maximum absolute atomic E-state index is 11.0. The lowest BCUT2D eigenvalue weighted by Crippen LogP contribution is -2.35. The highest BCUT2D eigenvalue weighted by Crippen LogP contribution is 2.17. The van der Waals surface area contributed by atoms with Crippen molar-refractivity contribution in [1.29, 1.82) is 0 Å². The molecule has 1 aromatic rings. The van der Waals surface area contributed by atoms with Gasteiger partial charge in [-0.1, -0.05) is 0 Å². The lowest BCUT2D eigenvalue weighted by molar-refractivity contribution is 0.139. The number of amides is 1. The minimum absolute atomic E-state index is 0.0993. The predicted octanol–water partition coefficient (Wildman–Crippen LogP) is 0.960. The molecule has 1 amide bonds. The number of hydrogen-bond acceptors (Lipinski definition) is 5. The van der Waals surface area contributed by atoms with E-state index >= 15 is 0 Å². The molecule has 0 bridgehead atoms. The first-order chi connectivity index (χ1) is 9.10. The van der Waals surface area contributed by atoms with E-state index in [2.05, 4.69) is 15.3 Å². The zero-order valence-corrected chi connectivity index (χ0v) is 11.1. The molecule has 7 heteroatoms. The number of hydrogen-bond donors (Lipinski definition) is 2. The van der Waals surface area contributed by atoms with Crippen molar-refractivity contribution in [1.82, 2.24) is 14.9 Å². The number of rotatable bonds is 4. The van der Waals surface area contributed by atoms with E-state index in [9.17, 15) is 4.79 Å². The van der Waals surface area contributed by atoms with Crippen LogP contribution in [-0.4, -0.2) is 52.4 Å². The number of nitrogens with zero attached hydrogens (tertiary/aromatic N) is 3. The van der Waals surface area contributed by atoms with Crippen molar-refractivity contribution in [3.63, 3.8) is 0 Å². The van der Waals surface area contributed by atoms with Gasteiger partial charge >= 0.3 is 6.09 Å². The van der Waals surface area contributed by atoms with Gasteiger partial charge in [0, 0.05) is 25.9 Å². The van der Waals surface area contributed by atoms with E-state index in [4.69, 9.17) is 9.84 Å². The van der Waals surface area contributed by atoms with Crippen molar-refractivity contribution >= 4 is 12.0 Å². The molecule has 104 valence electrons. The Kier molecular flexibility index (Phi) is 4.16. The van der Waals surface area contributed by atoms with E-state index in [0.29, 0.717) is 32.1 Å². The fraction of sp³-hybridized carbons (Fsp3) is 0.583. The molecule has 0 fully saturated rings. The molecule has 1 aromatic heterocycles. The SMILES string of the molecule is COC[C@H](C)Nc1ncc2c(n1)CN(C(=O)O)CC2. The first kappa shape index (κ1) is 13.5. The molecule has 0 radical (unpaired) electrons. The van der Waals surface area contributed by atoms with Crippen molar-refractivity contribution in [3.05, 3.63) is 17.5 Å². The number of anilines is 1. The number of nitrogens with one attached hydrogen (secondary N) is 1. The summed E-state index contributed by atoms with van der Waals surface area (Å²) in [5.41, 5.74) is 1.79. The normalized spacial score (nSPS) is 15.8. The molecule has 2 N–H and O–H groups in total. The molecular formula is C12H18N4O3. The van der Waals surface area contributed by atoms with E-state index in [-0.39, 0.29) is 6.04 Å². The summed E-state index contributed by atoms with van der Waals surface area (Å²) in [7, 11) is 1.64. The molecule has 0 aromatic carbocycles. The van der Waals surface area contributed by atoms with Gasteiger partial charge in [-0.15, -0.1) is 0 Å². The molecule has 0 spiro atoms. The fourth-order valence-corrected chi connectivity index (χ4v) is 2.05. The summed E-state index contributed by atoms with van der Waals surface area (Å²) in [4.78, 5) is 20.9. The molecule has 7 nitrogen and oxygen atoms in total. The Morgan fingerprint density at radius 1 is 1.68 bits per heavy atom. The van der Waals surface area contributed by atoms with Crippen molar-refractivity contribution in [2.75, 3.05) is 25.6 Å². The van der Waals surface area contributed by atoms with Crippen LogP contribution in [0.5, 0.6) is 0 Å². The highest BCUT2D eigenvalue weighted by Gasteiger charge is 2.21. The van der Waals surface area contributed by atoms with Gasteiger partial charge in [0.2, 0.25) is 5.95 Å². The number of carboxylic acid groups (broad SMARTS) is 1. The Labute approximate surface area is 111 Å². The number of ether oxygens (including phenoxy) is 1. The monoisotopic (exact) mass is 266 g/mol. The van der Waals surface area contributed by atoms with Gasteiger partial charge in [0.15, 0.2) is 0 Å². The summed E-state index contributed by atoms with van der Waals surface area (Å²) in [6.45, 7) is 3.34. The average molecular weight is 266 g/mol. The van der Waals surface area contributed by atoms with Gasteiger partial charge in [-0.05, 0) is 18.9 Å². The zero-order chi connectivity index (χ0) is 13.8. The maximum Gasteiger partial charge on any atom is 0.407 e. The van der Waals surface area contributed by atoms with Gasteiger partial charge in [0.25, 0.3) is 0 Å². The summed E-state index contributed by atoms with van der Waals surface area (Å²) in [5.74, 6) is 0.510. The molecule has 0 saturated heterocycles. The molecule has 0 unspecified atom stereocenters. The lowest BCUT2D eigenvalue weighted by Gasteiger charge is -2.25. The van der Waals surface area contributed by atoms with Crippen molar-refractivity contribution in [3.8, 4) is 0 Å². The summed E-state index contributed by atoms with van der Waals surface area (Å²) < 4.78 is 5.03. The highest BCUT2D eigenvalue weighted by molar-refractivity contribution is 5.65. The van der Waals surface area contributed by atoms with E-state index in [0.717, 1.165) is 11.3 Å². The number of methoxy groups -OCH3 is 1. The quantitative estimate of drug-likeness (QED) is 0.844. The maximum atomic E-state index is 11.0. The van der Waals surface area contributed by atoms with E-state index in [1.807, 2.05) is 6.92 Å². The fourth-order valence-electron chi connectivity index (χ4n) is 2.05. The van der Waals surface area contributed by atoms with Gasteiger partial charge in [0.05, 0.1) is 18.8 Å². The Balaban J connectivity index is 2.10. The summed E-state index contributed by atoms with van der Waals surface area (Å²) in [5, 5.41) is 12.1. The topological polar surface area (TPSA) is 87.6 Å². The van der Waals surface area contributed by atoms with Crippen LogP contribution in [0, 0.1) is 0 Å². The minimum Gasteiger partial charge on any atom is -0.465 e. The third kappa shape index (κ3) is 3.31. The van der Waals surface area contributed by atoms with Crippen LogP contribution in [0.3, 0.4) is 0 Å². The molecular weight excluding hydrogens is 248 g/mol. The lowest BCUT2D eigenvalue weighted by atomic mass is 10.1. The molecule has 0 saturated carbocycles. The Hall–Kier alpha value is -1.89. The number of fused-ring (bicyclic) bond motifs is 1. The van der Waals surface area contributed by atoms with Gasteiger partial charge in [-0.2, -0.15) is 0 Å². The van der Waals surface area contributed by atoms with Crippen molar-refractivity contribution < 1.29 is 14.6 Å². The Bertz CT molecular complexity index is 466. The van der Waals surface area contributed by atoms with Crippen LogP contribution in [0.1, 0.15) is 18.2 Å². The summed E-state index contributed by atoms with van der Waals surface area (Å²) >= 11 is 0. The van der Waals surface area contributed by atoms with Gasteiger partial charge in [0.1, 0.15) is 0 Å². The third-order valence-electron chi connectivity index (χ3n) is 3.01. The van der Waals surface area contributed by atoms with Crippen LogP contribution < -0.4 is 5.32 Å². The first-order valence-corrected chi connectivity index (χ1v) is 6.18. The van der Waals surface area contributed by atoms with Gasteiger partial charge < -0.3 is 20.1 Å². The molecule has 0 aliphatic carbocycles. The minimum atomic E-state index is -0.911. The first-order valence-electron chi connectivity index (χ1n) is 6.18. The highest BCUT2D eigenvalue weighted by atomic mass is 16.5. The summed E-state index contributed by atoms with van der Waals surface area (Å²) in [6.07, 6.45) is 1.52. The average Bonchev–Trinajstić information content (AvgIpc) is 2.38. The second kappa shape index (κ2) is 5.83. The zero-order valence-electron chi connectivity index (χ0n) is 11.1. The van der Waals surface area contributed by atoms with Gasteiger partial charge in [-0.3, -0.25) is 0 Å². The largest absolute Gasteiger partial charge is 0.465 e. The van der Waals surface area contributed by atoms with Crippen LogP contribution >= 0.6 is 0 Å². The molecule has 1 aliphatic heterocycles. The molecule has 2 heterocycles. The second-order valence-corrected chi connectivity index (χ2v) is 4.62. The van der Waals surface area contributed by atoms with E-state index in [1.165, 1.54) is 4.90 Å². The van der Waals surface area contributed by atoms with Crippen LogP contribution in [0.4, 0.5) is 10.7 Å². The second-order valence-electron chi connectivity index (χ2n) is 4.62. The van der Waals surface area contributed by atoms with Crippen LogP contribution in [-0.2, 0) is 17.7 Å². The number of aromatic nitrogens is 2. The smallest absolute Gasteiger partial charge is 0.407 e. The van der Waals surface area contributed by atoms with E-state index in [1.54, 1.807) is 13.3 Å².